The van der Waals surface area contributed by atoms with Crippen LogP contribution in [0.4, 0.5) is 0 Å². The van der Waals surface area contributed by atoms with Crippen LogP contribution in [0.15, 0.2) is 90.9 Å². The van der Waals surface area contributed by atoms with Crippen molar-refractivity contribution in [1.82, 2.24) is 20.6 Å². The second-order valence-electron chi connectivity index (χ2n) is 46.0. The predicted molar refractivity (Wildman–Crippen MR) is 534 cm³/mol. The Morgan fingerprint density at radius 3 is 0.825 bits per heavy atom. The van der Waals surface area contributed by atoms with Gasteiger partial charge in [0.25, 0.3) is 0 Å². The molecule has 4 aromatic heterocycles. The maximum absolute atomic E-state index is 13.2. The van der Waals surface area contributed by atoms with E-state index in [0.29, 0.717) is 129 Å². The molecule has 16 rings (SSSR count). The van der Waals surface area contributed by atoms with Gasteiger partial charge in [-0.15, -0.1) is 0 Å². The maximum Gasteiger partial charge on any atom is 0.304 e. The van der Waals surface area contributed by atoms with Crippen molar-refractivity contribution < 1.29 is 76.9 Å². The van der Waals surface area contributed by atoms with Gasteiger partial charge in [0, 0.05) is 155 Å². The van der Waals surface area contributed by atoms with Crippen molar-refractivity contribution >= 4 is 81.8 Å². The number of benzene rings is 4. The molecular weight excluding hydrogens is 1790 g/mol. The first-order valence-corrected chi connectivity index (χ1v) is 52.3. The molecule has 4 unspecified atom stereocenters. The topological polar surface area (TPSA) is 322 Å². The third-order valence-electron chi connectivity index (χ3n) is 29.6. The summed E-state index contributed by atoms with van der Waals surface area (Å²) in [7, 11) is 0. The lowest BCUT2D eigenvalue weighted by Gasteiger charge is -2.38. The number of carbonyl (C=O) groups is 8. The molecule has 0 aliphatic heterocycles. The van der Waals surface area contributed by atoms with E-state index >= 15 is 0 Å². The molecule has 8 saturated carbocycles. The highest BCUT2D eigenvalue weighted by atomic mass is 35.5. The summed E-state index contributed by atoms with van der Waals surface area (Å²) in [4.78, 5) is 98.1. The molecular formula is C114H149Cl3N4O16. The van der Waals surface area contributed by atoms with Crippen molar-refractivity contribution in [1.29, 1.82) is 0 Å². The summed E-state index contributed by atoms with van der Waals surface area (Å²) in [6.07, 6.45) is 25.9. The Balaban J connectivity index is 0.000000154. The minimum atomic E-state index is -0.923. The number of aromatic nitrogens is 4. The standard InChI is InChI=1S/C30H41NO4.C29H38ClNO4.C28H36ClNO4.C27H34ClNO4/c1-18-6-7-22(19(2)12-18)15-25(32)16-23(10-11-26(33)34)28-27(21-8-9-21)29(35-31-28)24-13-20(14-24)17-30(3,4)5;1-17-5-6-20(24(30)11-17)14-23(32)15-21(9-10-25(33)34)27-26(19-7-8-19)28(35-31-27)22-12-18(13-22)16-29(2,3)4;1-16(2)10-18-12-22(13-18)28-26(19-6-7-19)27(30-34-28)21(8-9-25(32)33)15-23(31)14-20-5-4-17(3)11-24(20)29;1-15(2)8-17-10-21(11-17)27-25(18-6-7-18)26(29-33-27)20(14-24(31)32)13-22(30)12-19-5-4-16(3)9-23(19)28/h6-7,12,20-21,23-24H,8-11,13-17H2,1-5H3,(H,33,34);5-6,11,18-19,21-22H,7-10,12-16H2,1-4H3,(H,33,34);4-5,11,16,18-19,21-22H,6-10,12-15H2,1-3H3,(H,32,33);4-5,9,15,17-18,20-21H,6-8,10-14H2,1-3H3,(H,31,32). The summed E-state index contributed by atoms with van der Waals surface area (Å²) in [6, 6.07) is 23.3. The van der Waals surface area contributed by atoms with E-state index in [1.165, 1.54) is 47.9 Å². The molecule has 742 valence electrons. The first kappa shape index (κ1) is 105. The summed E-state index contributed by atoms with van der Waals surface area (Å²) in [5.74, 6) is 7.14. The zero-order chi connectivity index (χ0) is 98.8. The number of hydrogen-bond donors (Lipinski definition) is 4. The number of carboxylic acid groups (broad SMARTS) is 4. The van der Waals surface area contributed by atoms with Crippen LogP contribution >= 0.6 is 34.8 Å². The fourth-order valence-electron chi connectivity index (χ4n) is 22.4. The lowest BCUT2D eigenvalue weighted by Crippen LogP contribution is -2.26. The monoisotopic (exact) mass is 1940 g/mol. The van der Waals surface area contributed by atoms with Crippen LogP contribution in [0, 0.1) is 81.0 Å². The zero-order valence-corrected chi connectivity index (χ0v) is 85.9. The number of carboxylic acids is 4. The van der Waals surface area contributed by atoms with E-state index in [-0.39, 0.29) is 105 Å². The normalized spacial score (nSPS) is 21.0. The third-order valence-corrected chi connectivity index (χ3v) is 30.6. The SMILES string of the molecule is Cc1ccc(CC(=O)CC(CC(=O)O)c2noc(C3CC(CC(C)C)C3)c2C2CC2)c(Cl)c1.Cc1ccc(CC(=O)CC(CCC(=O)O)c2noc(C3CC(CC(C)(C)C)C3)c2C2CC2)c(C)c1.Cc1ccc(CC(=O)CC(CCC(=O)O)c2noc(C3CC(CC(C)(C)C)C3)c2C2CC2)c(Cl)c1.Cc1ccc(CC(=O)CC(CCC(=O)O)c2noc(C3CC(CC(C)C)C3)c2C2CC2)c(Cl)c1. The number of ketones is 4. The van der Waals surface area contributed by atoms with Crippen LogP contribution in [0.5, 0.6) is 0 Å². The highest BCUT2D eigenvalue weighted by Gasteiger charge is 2.48. The largest absolute Gasteiger partial charge is 0.481 e. The number of nitrogens with zero attached hydrogens (tertiary/aromatic N) is 4. The van der Waals surface area contributed by atoms with Crippen molar-refractivity contribution in [3.05, 3.63) is 206 Å². The average Bonchev–Trinajstić information content (AvgIpc) is 1.62. The number of aliphatic carboxylic acids is 4. The minimum absolute atomic E-state index is 0.00657. The molecule has 4 N–H and O–H groups in total. The Labute approximate surface area is 826 Å². The van der Waals surface area contributed by atoms with Gasteiger partial charge in [-0.1, -0.05) is 185 Å². The molecule has 8 fully saturated rings. The second kappa shape index (κ2) is 46.7. The summed E-state index contributed by atoms with van der Waals surface area (Å²) >= 11 is 19.0. The molecule has 4 heterocycles. The van der Waals surface area contributed by atoms with Gasteiger partial charge in [-0.3, -0.25) is 38.4 Å². The molecule has 23 heteroatoms. The summed E-state index contributed by atoms with van der Waals surface area (Å²) in [6.45, 7) is 32.8. The summed E-state index contributed by atoms with van der Waals surface area (Å²) < 4.78 is 23.8. The van der Waals surface area contributed by atoms with Crippen molar-refractivity contribution in [2.24, 2.45) is 46.3 Å². The quantitative estimate of drug-likeness (QED) is 0.0275. The number of hydrogen-bond acceptors (Lipinski definition) is 16. The van der Waals surface area contributed by atoms with Crippen LogP contribution in [0.3, 0.4) is 0 Å². The number of carbonyl (C=O) groups excluding carboxylic acids is 4. The molecule has 0 amide bonds. The molecule has 137 heavy (non-hydrogen) atoms. The first-order chi connectivity index (χ1) is 64.9. The molecule has 0 spiro atoms. The number of aryl methyl sites for hydroxylation is 5. The highest BCUT2D eigenvalue weighted by molar-refractivity contribution is 6.32. The van der Waals surface area contributed by atoms with E-state index in [4.69, 9.17) is 52.9 Å². The first-order valence-electron chi connectivity index (χ1n) is 51.1. The van der Waals surface area contributed by atoms with Crippen molar-refractivity contribution in [3.63, 3.8) is 0 Å². The van der Waals surface area contributed by atoms with Crippen LogP contribution in [0.1, 0.15) is 457 Å². The van der Waals surface area contributed by atoms with Gasteiger partial charge in [-0.2, -0.15) is 0 Å². The Morgan fingerprint density at radius 1 is 0.336 bits per heavy atom. The van der Waals surface area contributed by atoms with Crippen LogP contribution in [0.25, 0.3) is 0 Å². The maximum atomic E-state index is 13.2. The molecule has 0 bridgehead atoms. The van der Waals surface area contributed by atoms with E-state index in [9.17, 15) is 58.8 Å². The van der Waals surface area contributed by atoms with E-state index in [1.54, 1.807) is 0 Å². The summed E-state index contributed by atoms with van der Waals surface area (Å²) in [5, 5.41) is 57.3. The highest BCUT2D eigenvalue weighted by Crippen LogP contribution is 2.59. The fourth-order valence-corrected chi connectivity index (χ4v) is 23.3. The Hall–Kier alpha value is -8.85. The molecule has 8 aliphatic carbocycles. The van der Waals surface area contributed by atoms with E-state index < -0.39 is 29.8 Å². The second-order valence-corrected chi connectivity index (χ2v) is 47.2. The van der Waals surface area contributed by atoms with Crippen molar-refractivity contribution in [3.8, 4) is 0 Å². The fraction of sp³-hybridized carbons (Fsp3) is 0.614. The Morgan fingerprint density at radius 2 is 0.584 bits per heavy atom. The Kier molecular flexibility index (Phi) is 36.0. The third kappa shape index (κ3) is 30.4. The van der Waals surface area contributed by atoms with Gasteiger partial charge in [0.05, 0.1) is 29.2 Å². The van der Waals surface area contributed by atoms with Gasteiger partial charge < -0.3 is 38.5 Å². The number of Topliss-reactive ketones (excluding diaryl/α,β-unsaturated/α-hetero) is 4. The molecule has 4 aromatic carbocycles. The van der Waals surface area contributed by atoms with E-state index in [0.717, 1.165) is 211 Å². The molecule has 20 nitrogen and oxygen atoms in total. The van der Waals surface area contributed by atoms with Gasteiger partial charge in [0.15, 0.2) is 0 Å². The molecule has 4 atom stereocenters. The Bertz CT molecular complexity index is 5360. The van der Waals surface area contributed by atoms with Crippen LogP contribution in [-0.2, 0) is 64.0 Å². The molecule has 8 aromatic rings. The van der Waals surface area contributed by atoms with Crippen LogP contribution in [0.2, 0.25) is 15.1 Å². The van der Waals surface area contributed by atoms with Crippen molar-refractivity contribution in [2.45, 2.75) is 400 Å². The van der Waals surface area contributed by atoms with Gasteiger partial charge in [-0.05, 0) is 315 Å². The molecule has 0 saturated heterocycles. The summed E-state index contributed by atoms with van der Waals surface area (Å²) in [5.41, 5.74) is 17.4. The van der Waals surface area contributed by atoms with Gasteiger partial charge in [0.1, 0.15) is 46.2 Å². The number of rotatable bonds is 45. The van der Waals surface area contributed by atoms with Crippen molar-refractivity contribution in [2.75, 3.05) is 0 Å². The number of halogens is 3. The zero-order valence-electron chi connectivity index (χ0n) is 83.7. The van der Waals surface area contributed by atoms with Crippen LogP contribution in [-0.4, -0.2) is 88.1 Å². The minimum Gasteiger partial charge on any atom is -0.481 e. The predicted octanol–water partition coefficient (Wildman–Crippen LogP) is 28.9. The molecule has 0 radical (unpaired) electrons. The lowest BCUT2D eigenvalue weighted by atomic mass is 9.66. The van der Waals surface area contributed by atoms with Gasteiger partial charge >= 0.3 is 23.9 Å². The smallest absolute Gasteiger partial charge is 0.304 e. The van der Waals surface area contributed by atoms with Gasteiger partial charge in [-0.25, -0.2) is 0 Å². The lowest BCUT2D eigenvalue weighted by molar-refractivity contribution is -0.138. The molecule has 8 aliphatic rings. The average molecular weight is 1940 g/mol. The van der Waals surface area contributed by atoms with Crippen LogP contribution < -0.4 is 0 Å². The van der Waals surface area contributed by atoms with E-state index in [1.807, 2.05) is 94.4 Å². The van der Waals surface area contributed by atoms with Gasteiger partial charge in [0.2, 0.25) is 0 Å². The van der Waals surface area contributed by atoms with E-state index in [2.05, 4.69) is 103 Å².